The van der Waals surface area contributed by atoms with E-state index in [2.05, 4.69) is 34.5 Å². The molecule has 1 heterocycles. The number of para-hydroxylation sites is 1. The summed E-state index contributed by atoms with van der Waals surface area (Å²) in [5, 5.41) is 3.57. The Bertz CT molecular complexity index is 484. The third-order valence-corrected chi connectivity index (χ3v) is 4.16. The maximum absolute atomic E-state index is 12.1. The Morgan fingerprint density at radius 3 is 2.85 bits per heavy atom. The van der Waals surface area contributed by atoms with Gasteiger partial charge in [0.2, 0.25) is 5.91 Å². The molecule has 3 rings (SSSR count). The molecule has 4 heteroatoms. The summed E-state index contributed by atoms with van der Waals surface area (Å²) in [7, 11) is 1.90. The van der Waals surface area contributed by atoms with Crippen LogP contribution in [0.5, 0.6) is 0 Å². The van der Waals surface area contributed by atoms with Crippen LogP contribution in [-0.4, -0.2) is 43.5 Å². The first-order chi connectivity index (χ1) is 9.74. The molecule has 0 radical (unpaired) electrons. The topological polar surface area (TPSA) is 35.6 Å². The average molecular weight is 273 g/mol. The fraction of sp³-hybridized carbons (Fsp3) is 0.562. The minimum Gasteiger partial charge on any atom is -0.362 e. The van der Waals surface area contributed by atoms with Gasteiger partial charge < -0.3 is 15.1 Å². The summed E-state index contributed by atoms with van der Waals surface area (Å²) >= 11 is 0. The van der Waals surface area contributed by atoms with Crippen LogP contribution >= 0.6 is 0 Å². The van der Waals surface area contributed by atoms with Crippen molar-refractivity contribution in [2.75, 3.05) is 31.6 Å². The lowest BCUT2D eigenvalue weighted by Crippen LogP contribution is -2.35. The summed E-state index contributed by atoms with van der Waals surface area (Å²) in [6, 6.07) is 9.17. The number of benzene rings is 1. The molecule has 1 N–H and O–H groups in total. The van der Waals surface area contributed by atoms with Gasteiger partial charge in [-0.3, -0.25) is 4.79 Å². The van der Waals surface area contributed by atoms with Crippen LogP contribution in [0, 0.1) is 0 Å². The van der Waals surface area contributed by atoms with Gasteiger partial charge in [-0.15, -0.1) is 0 Å². The summed E-state index contributed by atoms with van der Waals surface area (Å²) in [5.74, 6) is 0.215. The molecule has 1 saturated heterocycles. The quantitative estimate of drug-likeness (QED) is 0.905. The Kier molecular flexibility index (Phi) is 3.92. The van der Waals surface area contributed by atoms with Crippen molar-refractivity contribution in [1.82, 2.24) is 10.2 Å². The zero-order chi connectivity index (χ0) is 13.9. The van der Waals surface area contributed by atoms with Crippen LogP contribution < -0.4 is 10.2 Å². The second-order valence-corrected chi connectivity index (χ2v) is 5.87. The summed E-state index contributed by atoms with van der Waals surface area (Å²) in [6.07, 6.45) is 3.64. The van der Waals surface area contributed by atoms with Crippen LogP contribution in [0.2, 0.25) is 0 Å². The molecule has 0 aromatic heterocycles. The van der Waals surface area contributed by atoms with E-state index in [4.69, 9.17) is 0 Å². The number of hydrogen-bond acceptors (Lipinski definition) is 3. The molecule has 108 valence electrons. The molecule has 0 bridgehead atoms. The molecule has 1 aliphatic carbocycles. The van der Waals surface area contributed by atoms with Crippen LogP contribution in [-0.2, 0) is 11.3 Å². The van der Waals surface area contributed by atoms with Gasteiger partial charge in [0, 0.05) is 38.4 Å². The van der Waals surface area contributed by atoms with Crippen molar-refractivity contribution in [2.24, 2.45) is 0 Å². The van der Waals surface area contributed by atoms with Crippen molar-refractivity contribution in [3.05, 3.63) is 29.8 Å². The second-order valence-electron chi connectivity index (χ2n) is 5.87. The summed E-state index contributed by atoms with van der Waals surface area (Å²) in [6.45, 7) is 3.21. The first kappa shape index (κ1) is 13.4. The SMILES string of the molecule is CN1CCCN(c2ccccc2CNC2CC2)CC1=O. The third-order valence-electron chi connectivity index (χ3n) is 4.16. The predicted molar refractivity (Wildman–Crippen MR) is 80.8 cm³/mol. The first-order valence-electron chi connectivity index (χ1n) is 7.54. The van der Waals surface area contributed by atoms with Crippen molar-refractivity contribution in [2.45, 2.75) is 31.8 Å². The van der Waals surface area contributed by atoms with Gasteiger partial charge in [-0.25, -0.2) is 0 Å². The number of carbonyl (C=O) groups is 1. The smallest absolute Gasteiger partial charge is 0.241 e. The van der Waals surface area contributed by atoms with E-state index >= 15 is 0 Å². The summed E-state index contributed by atoms with van der Waals surface area (Å²) < 4.78 is 0. The predicted octanol–water partition coefficient (Wildman–Crippen LogP) is 1.61. The lowest BCUT2D eigenvalue weighted by atomic mass is 10.1. The minimum atomic E-state index is 0.215. The molecule has 2 aliphatic rings. The maximum atomic E-state index is 12.1. The van der Waals surface area contributed by atoms with E-state index in [1.807, 2.05) is 11.9 Å². The minimum absolute atomic E-state index is 0.215. The van der Waals surface area contributed by atoms with Crippen LogP contribution in [0.15, 0.2) is 24.3 Å². The molecule has 1 aromatic rings. The van der Waals surface area contributed by atoms with E-state index in [-0.39, 0.29) is 5.91 Å². The third kappa shape index (κ3) is 3.12. The number of hydrogen-bond donors (Lipinski definition) is 1. The van der Waals surface area contributed by atoms with Gasteiger partial charge in [0.05, 0.1) is 6.54 Å². The first-order valence-corrected chi connectivity index (χ1v) is 7.54. The molecule has 4 nitrogen and oxygen atoms in total. The van der Waals surface area contributed by atoms with E-state index in [0.717, 1.165) is 26.1 Å². The molecule has 0 atom stereocenters. The van der Waals surface area contributed by atoms with E-state index < -0.39 is 0 Å². The van der Waals surface area contributed by atoms with Crippen LogP contribution in [0.3, 0.4) is 0 Å². The van der Waals surface area contributed by atoms with E-state index in [9.17, 15) is 4.79 Å². The molecule has 0 spiro atoms. The number of anilines is 1. The maximum Gasteiger partial charge on any atom is 0.241 e. The summed E-state index contributed by atoms with van der Waals surface area (Å²) in [5.41, 5.74) is 2.51. The van der Waals surface area contributed by atoms with Crippen LogP contribution in [0.1, 0.15) is 24.8 Å². The molecule has 1 aliphatic heterocycles. The number of likely N-dealkylation sites (N-methyl/N-ethyl adjacent to an activating group) is 1. The average Bonchev–Trinajstić information content (AvgIpc) is 3.28. The van der Waals surface area contributed by atoms with Gasteiger partial charge in [-0.05, 0) is 30.9 Å². The van der Waals surface area contributed by atoms with Gasteiger partial charge in [0.1, 0.15) is 0 Å². The lowest BCUT2D eigenvalue weighted by Gasteiger charge is -2.25. The Labute approximate surface area is 120 Å². The number of carbonyl (C=O) groups excluding carboxylic acids is 1. The van der Waals surface area contributed by atoms with Crippen molar-refractivity contribution in [3.63, 3.8) is 0 Å². The Morgan fingerprint density at radius 2 is 2.05 bits per heavy atom. The number of nitrogens with one attached hydrogen (secondary N) is 1. The molecular formula is C16H23N3O. The lowest BCUT2D eigenvalue weighted by molar-refractivity contribution is -0.127. The largest absolute Gasteiger partial charge is 0.362 e. The van der Waals surface area contributed by atoms with Gasteiger partial charge >= 0.3 is 0 Å². The zero-order valence-electron chi connectivity index (χ0n) is 12.1. The number of nitrogens with zero attached hydrogens (tertiary/aromatic N) is 2. The van der Waals surface area contributed by atoms with Crippen LogP contribution in [0.4, 0.5) is 5.69 Å². The normalized spacial score (nSPS) is 20.1. The second kappa shape index (κ2) is 5.83. The molecular weight excluding hydrogens is 250 g/mol. The number of rotatable bonds is 4. The molecule has 0 unspecified atom stereocenters. The van der Waals surface area contributed by atoms with Gasteiger partial charge in [0.25, 0.3) is 0 Å². The van der Waals surface area contributed by atoms with Gasteiger partial charge in [-0.2, -0.15) is 0 Å². The molecule has 1 amide bonds. The van der Waals surface area contributed by atoms with E-state index in [0.29, 0.717) is 12.6 Å². The standard InChI is InChI=1S/C16H23N3O/c1-18-9-4-10-19(12-16(18)20)15-6-3-2-5-13(15)11-17-14-7-8-14/h2-3,5-6,14,17H,4,7-12H2,1H3. The number of amides is 1. The highest BCUT2D eigenvalue weighted by molar-refractivity contribution is 5.82. The van der Waals surface area contributed by atoms with Crippen molar-refractivity contribution >= 4 is 11.6 Å². The fourth-order valence-corrected chi connectivity index (χ4v) is 2.70. The highest BCUT2D eigenvalue weighted by Crippen LogP contribution is 2.24. The van der Waals surface area contributed by atoms with Crippen LogP contribution in [0.25, 0.3) is 0 Å². The highest BCUT2D eigenvalue weighted by atomic mass is 16.2. The molecule has 1 aromatic carbocycles. The van der Waals surface area contributed by atoms with Gasteiger partial charge in [0.15, 0.2) is 0 Å². The monoisotopic (exact) mass is 273 g/mol. The summed E-state index contributed by atoms with van der Waals surface area (Å²) in [4.78, 5) is 16.1. The van der Waals surface area contributed by atoms with Crippen molar-refractivity contribution < 1.29 is 4.79 Å². The zero-order valence-corrected chi connectivity index (χ0v) is 12.1. The Morgan fingerprint density at radius 1 is 1.25 bits per heavy atom. The fourth-order valence-electron chi connectivity index (χ4n) is 2.70. The molecule has 1 saturated carbocycles. The van der Waals surface area contributed by atoms with Crippen molar-refractivity contribution in [3.8, 4) is 0 Å². The Hall–Kier alpha value is -1.55. The van der Waals surface area contributed by atoms with Crippen molar-refractivity contribution in [1.29, 1.82) is 0 Å². The van der Waals surface area contributed by atoms with Gasteiger partial charge in [-0.1, -0.05) is 18.2 Å². The Balaban J connectivity index is 1.75. The van der Waals surface area contributed by atoms with E-state index in [1.54, 1.807) is 0 Å². The van der Waals surface area contributed by atoms with E-state index in [1.165, 1.54) is 24.1 Å². The molecule has 2 fully saturated rings. The highest BCUT2D eigenvalue weighted by Gasteiger charge is 2.23. The molecule has 20 heavy (non-hydrogen) atoms.